The Morgan fingerprint density at radius 3 is 2.47 bits per heavy atom. The van der Waals surface area contributed by atoms with Gasteiger partial charge in [-0.05, 0) is 23.8 Å². The summed E-state index contributed by atoms with van der Waals surface area (Å²) in [5.74, 6) is -0.254. The van der Waals surface area contributed by atoms with Gasteiger partial charge in [-0.15, -0.1) is 0 Å². The van der Waals surface area contributed by atoms with E-state index in [1.165, 1.54) is 12.3 Å². The zero-order valence-electron chi connectivity index (χ0n) is 18.2. The summed E-state index contributed by atoms with van der Waals surface area (Å²) < 4.78 is 28.7. The van der Waals surface area contributed by atoms with E-state index in [-0.39, 0.29) is 22.8 Å². The summed E-state index contributed by atoms with van der Waals surface area (Å²) in [7, 11) is 0. The third-order valence-electron chi connectivity index (χ3n) is 5.98. The molecule has 1 saturated heterocycles. The number of carbonyl (C=O) groups is 1. The summed E-state index contributed by atoms with van der Waals surface area (Å²) in [6, 6.07) is 18.1. The zero-order valence-corrected chi connectivity index (χ0v) is 19.0. The highest BCUT2D eigenvalue weighted by atomic mass is 35.5. The van der Waals surface area contributed by atoms with Crippen LogP contribution in [0.2, 0.25) is 5.02 Å². The molecule has 0 radical (unpaired) electrons. The van der Waals surface area contributed by atoms with E-state index < -0.39 is 6.43 Å². The normalized spacial score (nSPS) is 14.8. The Kier molecular flexibility index (Phi) is 6.26. The maximum atomic E-state index is 13.8. The lowest BCUT2D eigenvalue weighted by molar-refractivity contribution is 0.0630. The number of alkyl halides is 2. The molecule has 1 aliphatic rings. The van der Waals surface area contributed by atoms with E-state index in [4.69, 9.17) is 11.6 Å². The van der Waals surface area contributed by atoms with Crippen LogP contribution in [0.4, 0.5) is 8.78 Å². The summed E-state index contributed by atoms with van der Waals surface area (Å²) in [6.45, 7) is 3.19. The van der Waals surface area contributed by atoms with E-state index >= 15 is 0 Å². The molecule has 174 valence electrons. The Hall–Kier alpha value is -3.36. The molecule has 0 saturated carbocycles. The first-order chi connectivity index (χ1) is 16.5. The quantitative estimate of drug-likeness (QED) is 0.405. The van der Waals surface area contributed by atoms with Gasteiger partial charge in [-0.1, -0.05) is 54.1 Å². The van der Waals surface area contributed by atoms with Gasteiger partial charge in [-0.2, -0.15) is 5.10 Å². The van der Waals surface area contributed by atoms with E-state index in [0.29, 0.717) is 42.5 Å². The molecule has 3 heterocycles. The molecular formula is C25H22ClF2N5O. The summed E-state index contributed by atoms with van der Waals surface area (Å²) in [5, 5.41) is 4.77. The lowest BCUT2D eigenvalue weighted by Crippen LogP contribution is -2.48. The van der Waals surface area contributed by atoms with Crippen LogP contribution in [-0.4, -0.2) is 56.5 Å². The van der Waals surface area contributed by atoms with Crippen molar-refractivity contribution in [2.24, 2.45) is 0 Å². The number of hydrogen-bond donors (Lipinski definition) is 0. The molecule has 34 heavy (non-hydrogen) atoms. The largest absolute Gasteiger partial charge is 0.336 e. The third-order valence-corrected chi connectivity index (χ3v) is 6.21. The summed E-state index contributed by atoms with van der Waals surface area (Å²) in [6.07, 6.45) is -1.42. The van der Waals surface area contributed by atoms with Crippen molar-refractivity contribution < 1.29 is 13.6 Å². The molecule has 1 fully saturated rings. The molecule has 5 rings (SSSR count). The van der Waals surface area contributed by atoms with Crippen LogP contribution in [0.25, 0.3) is 16.9 Å². The maximum Gasteiger partial charge on any atom is 0.280 e. The van der Waals surface area contributed by atoms with Crippen LogP contribution < -0.4 is 0 Å². The fraction of sp³-hybridized carbons (Fsp3) is 0.240. The summed E-state index contributed by atoms with van der Waals surface area (Å²) >= 11 is 6.08. The Balaban J connectivity index is 1.38. The molecule has 6 nitrogen and oxygen atoms in total. The highest BCUT2D eigenvalue weighted by molar-refractivity contribution is 6.30. The van der Waals surface area contributed by atoms with Crippen molar-refractivity contribution in [3.8, 4) is 11.3 Å². The minimum atomic E-state index is -2.76. The molecule has 0 aliphatic carbocycles. The number of benzene rings is 2. The number of rotatable bonds is 5. The number of amides is 1. The maximum absolute atomic E-state index is 13.8. The number of nitrogens with zero attached hydrogens (tertiary/aromatic N) is 5. The Labute approximate surface area is 200 Å². The van der Waals surface area contributed by atoms with Crippen LogP contribution in [0.15, 0.2) is 66.9 Å². The van der Waals surface area contributed by atoms with Gasteiger partial charge in [0.2, 0.25) is 0 Å². The average Bonchev–Trinajstić information content (AvgIpc) is 3.28. The number of fused-ring (bicyclic) bond motifs is 1. The highest BCUT2D eigenvalue weighted by Gasteiger charge is 2.27. The standard InChI is InChI=1S/C25H22ClF2N5O/c26-19-8-4-5-17(13-19)16-31-9-11-32(12-10-31)25(34)20-15-29-33-22(23(27)28)14-21(30-24(20)33)18-6-2-1-3-7-18/h1-8,13-15,23H,9-12,16H2. The fourth-order valence-electron chi connectivity index (χ4n) is 4.22. The first-order valence-electron chi connectivity index (χ1n) is 11.0. The highest BCUT2D eigenvalue weighted by Crippen LogP contribution is 2.27. The van der Waals surface area contributed by atoms with Crippen LogP contribution >= 0.6 is 11.6 Å². The van der Waals surface area contributed by atoms with Gasteiger partial charge in [-0.3, -0.25) is 9.69 Å². The number of hydrogen-bond acceptors (Lipinski definition) is 4. The van der Waals surface area contributed by atoms with Crippen molar-refractivity contribution in [3.63, 3.8) is 0 Å². The Bertz CT molecular complexity index is 1320. The molecule has 0 unspecified atom stereocenters. The Morgan fingerprint density at radius 2 is 1.76 bits per heavy atom. The van der Waals surface area contributed by atoms with Gasteiger partial charge in [0.15, 0.2) is 5.65 Å². The van der Waals surface area contributed by atoms with Gasteiger partial charge in [0, 0.05) is 43.3 Å². The minimum absolute atomic E-state index is 0.142. The smallest absolute Gasteiger partial charge is 0.280 e. The molecule has 9 heteroatoms. The molecular weight excluding hydrogens is 460 g/mol. The van der Waals surface area contributed by atoms with Crippen molar-refractivity contribution in [3.05, 3.63) is 88.7 Å². The van der Waals surface area contributed by atoms with Crippen LogP contribution in [0.5, 0.6) is 0 Å². The zero-order chi connectivity index (χ0) is 23.7. The van der Waals surface area contributed by atoms with Crippen LogP contribution in [-0.2, 0) is 6.54 Å². The van der Waals surface area contributed by atoms with E-state index in [9.17, 15) is 13.6 Å². The third kappa shape index (κ3) is 4.51. The fourth-order valence-corrected chi connectivity index (χ4v) is 4.44. The van der Waals surface area contributed by atoms with Gasteiger partial charge in [0.25, 0.3) is 12.3 Å². The van der Waals surface area contributed by atoms with Crippen LogP contribution in [0, 0.1) is 0 Å². The number of piperazine rings is 1. The SMILES string of the molecule is O=C(c1cnn2c(C(F)F)cc(-c3ccccc3)nc12)N1CCN(Cc2cccc(Cl)c2)CC1. The molecule has 1 aliphatic heterocycles. The van der Waals surface area contributed by atoms with Gasteiger partial charge in [0.1, 0.15) is 11.3 Å². The van der Waals surface area contributed by atoms with Gasteiger partial charge in [0.05, 0.1) is 11.9 Å². The number of halogens is 3. The van der Waals surface area contributed by atoms with Gasteiger partial charge < -0.3 is 4.90 Å². The van der Waals surface area contributed by atoms with Crippen molar-refractivity contribution in [1.82, 2.24) is 24.4 Å². The summed E-state index contributed by atoms with van der Waals surface area (Å²) in [4.78, 5) is 21.8. The predicted molar refractivity (Wildman–Crippen MR) is 126 cm³/mol. The first kappa shape index (κ1) is 22.4. The molecule has 4 aromatic rings. The molecule has 2 aromatic carbocycles. The predicted octanol–water partition coefficient (Wildman–Crippen LogP) is 4.95. The molecule has 0 N–H and O–H groups in total. The Morgan fingerprint density at radius 1 is 1.00 bits per heavy atom. The minimum Gasteiger partial charge on any atom is -0.336 e. The second-order valence-electron chi connectivity index (χ2n) is 8.22. The van der Waals surface area contributed by atoms with Gasteiger partial charge in [-0.25, -0.2) is 18.3 Å². The topological polar surface area (TPSA) is 53.7 Å². The molecule has 0 bridgehead atoms. The van der Waals surface area contributed by atoms with E-state index in [1.807, 2.05) is 42.5 Å². The van der Waals surface area contributed by atoms with E-state index in [2.05, 4.69) is 15.0 Å². The van der Waals surface area contributed by atoms with Crippen molar-refractivity contribution >= 4 is 23.2 Å². The average molecular weight is 482 g/mol. The monoisotopic (exact) mass is 481 g/mol. The van der Waals surface area contributed by atoms with Crippen molar-refractivity contribution in [1.29, 1.82) is 0 Å². The van der Waals surface area contributed by atoms with Crippen molar-refractivity contribution in [2.45, 2.75) is 13.0 Å². The second-order valence-corrected chi connectivity index (χ2v) is 8.66. The first-order valence-corrected chi connectivity index (χ1v) is 11.4. The van der Waals surface area contributed by atoms with Gasteiger partial charge >= 0.3 is 0 Å². The van der Waals surface area contributed by atoms with E-state index in [1.54, 1.807) is 17.0 Å². The molecule has 0 spiro atoms. The van der Waals surface area contributed by atoms with Crippen LogP contribution in [0.3, 0.4) is 0 Å². The lowest BCUT2D eigenvalue weighted by Gasteiger charge is -2.34. The second kappa shape index (κ2) is 9.48. The van der Waals surface area contributed by atoms with E-state index in [0.717, 1.165) is 16.6 Å². The molecule has 1 amide bonds. The molecule has 0 atom stereocenters. The van der Waals surface area contributed by atoms with Crippen molar-refractivity contribution in [2.75, 3.05) is 26.2 Å². The summed E-state index contributed by atoms with van der Waals surface area (Å²) in [5.41, 5.74) is 2.26. The van der Waals surface area contributed by atoms with Crippen LogP contribution in [0.1, 0.15) is 28.0 Å². The lowest BCUT2D eigenvalue weighted by atomic mass is 10.1. The number of carbonyl (C=O) groups excluding carboxylic acids is 1. The molecule has 2 aromatic heterocycles. The number of aromatic nitrogens is 3.